The van der Waals surface area contributed by atoms with E-state index in [0.29, 0.717) is 5.54 Å². The molecule has 14 heavy (non-hydrogen) atoms. The summed E-state index contributed by atoms with van der Waals surface area (Å²) in [5.41, 5.74) is 6.70. The highest BCUT2D eigenvalue weighted by atomic mass is 15.0. The molecule has 0 spiro atoms. The first-order valence-corrected chi connectivity index (χ1v) is 5.84. The van der Waals surface area contributed by atoms with E-state index in [1.54, 1.807) is 0 Å². The lowest BCUT2D eigenvalue weighted by atomic mass is 9.86. The third-order valence-corrected chi connectivity index (χ3v) is 3.57. The smallest absolute Gasteiger partial charge is 0.0214 e. The predicted octanol–water partition coefficient (Wildman–Crippen LogP) is 2.28. The van der Waals surface area contributed by atoms with Crippen molar-refractivity contribution in [1.29, 1.82) is 0 Å². The lowest BCUT2D eigenvalue weighted by Gasteiger charge is -2.32. The van der Waals surface area contributed by atoms with Crippen LogP contribution in [0.2, 0.25) is 0 Å². The third kappa shape index (κ3) is 3.25. The lowest BCUT2D eigenvalue weighted by molar-refractivity contribution is 0.270. The molecule has 2 heteroatoms. The zero-order chi connectivity index (χ0) is 10.8. The van der Waals surface area contributed by atoms with E-state index >= 15 is 0 Å². The molecule has 0 aromatic heterocycles. The Kier molecular flexibility index (Phi) is 3.59. The van der Waals surface area contributed by atoms with Crippen LogP contribution in [-0.4, -0.2) is 18.1 Å². The van der Waals surface area contributed by atoms with Crippen LogP contribution in [0.25, 0.3) is 0 Å². The average molecular weight is 198 g/mol. The Labute approximate surface area is 88.6 Å². The fourth-order valence-corrected chi connectivity index (χ4v) is 1.99. The maximum atomic E-state index is 6.13. The second-order valence-electron chi connectivity index (χ2n) is 6.12. The molecule has 0 heterocycles. The van der Waals surface area contributed by atoms with Gasteiger partial charge in [-0.15, -0.1) is 0 Å². The van der Waals surface area contributed by atoms with Gasteiger partial charge >= 0.3 is 0 Å². The van der Waals surface area contributed by atoms with Gasteiger partial charge in [0.15, 0.2) is 0 Å². The Bertz CT molecular complexity index is 175. The van der Waals surface area contributed by atoms with Crippen molar-refractivity contribution in [2.45, 2.75) is 65.0 Å². The van der Waals surface area contributed by atoms with E-state index in [4.69, 9.17) is 5.73 Å². The molecule has 1 atom stereocenters. The van der Waals surface area contributed by atoms with Gasteiger partial charge in [0.25, 0.3) is 0 Å². The number of hydrogen-bond acceptors (Lipinski definition) is 2. The van der Waals surface area contributed by atoms with Crippen LogP contribution in [0.15, 0.2) is 0 Å². The molecule has 0 aromatic rings. The van der Waals surface area contributed by atoms with E-state index in [2.05, 4.69) is 33.0 Å². The molecular weight excluding hydrogens is 172 g/mol. The first-order valence-electron chi connectivity index (χ1n) is 5.84. The molecular formula is C12H26N2. The lowest BCUT2D eigenvalue weighted by Crippen LogP contribution is -2.50. The van der Waals surface area contributed by atoms with Gasteiger partial charge in [0.05, 0.1) is 0 Å². The number of rotatable bonds is 3. The Morgan fingerprint density at radius 1 is 1.29 bits per heavy atom. The first-order chi connectivity index (χ1) is 6.33. The van der Waals surface area contributed by atoms with Crippen LogP contribution in [0.1, 0.15) is 53.4 Å². The highest BCUT2D eigenvalue weighted by Gasteiger charge is 2.30. The second-order valence-corrected chi connectivity index (χ2v) is 6.12. The maximum Gasteiger partial charge on any atom is 0.0214 e. The van der Waals surface area contributed by atoms with Crippen LogP contribution in [0.3, 0.4) is 0 Å². The summed E-state index contributed by atoms with van der Waals surface area (Å²) in [5, 5.41) is 3.64. The summed E-state index contributed by atoms with van der Waals surface area (Å²) < 4.78 is 0. The van der Waals surface area contributed by atoms with Crippen molar-refractivity contribution in [3.63, 3.8) is 0 Å². The number of nitrogens with one attached hydrogen (secondary N) is 1. The molecule has 1 aliphatic rings. The summed E-state index contributed by atoms with van der Waals surface area (Å²) in [6, 6.07) is 0.250. The van der Waals surface area contributed by atoms with E-state index in [0.717, 1.165) is 6.54 Å². The molecule has 3 N–H and O–H groups in total. The Morgan fingerprint density at radius 3 is 2.21 bits per heavy atom. The fourth-order valence-electron chi connectivity index (χ4n) is 1.99. The molecule has 0 radical (unpaired) electrons. The molecule has 1 fully saturated rings. The monoisotopic (exact) mass is 198 g/mol. The van der Waals surface area contributed by atoms with Gasteiger partial charge in [-0.2, -0.15) is 0 Å². The molecule has 1 saturated carbocycles. The maximum absolute atomic E-state index is 6.13. The van der Waals surface area contributed by atoms with Gasteiger partial charge in [0, 0.05) is 18.1 Å². The summed E-state index contributed by atoms with van der Waals surface area (Å²) >= 11 is 0. The van der Waals surface area contributed by atoms with Gasteiger partial charge < -0.3 is 11.1 Å². The largest absolute Gasteiger partial charge is 0.326 e. The van der Waals surface area contributed by atoms with Crippen molar-refractivity contribution in [2.24, 2.45) is 11.1 Å². The van der Waals surface area contributed by atoms with Gasteiger partial charge in [-0.1, -0.05) is 33.6 Å². The topological polar surface area (TPSA) is 38.0 Å². The predicted molar refractivity (Wildman–Crippen MR) is 62.3 cm³/mol. The number of hydrogen-bond donors (Lipinski definition) is 2. The van der Waals surface area contributed by atoms with Crippen LogP contribution >= 0.6 is 0 Å². The second kappa shape index (κ2) is 4.19. The van der Waals surface area contributed by atoms with Crippen LogP contribution in [0, 0.1) is 5.41 Å². The van der Waals surface area contributed by atoms with Crippen molar-refractivity contribution in [1.82, 2.24) is 5.32 Å². The summed E-state index contributed by atoms with van der Waals surface area (Å²) in [6.45, 7) is 9.89. The molecule has 0 aliphatic heterocycles. The van der Waals surface area contributed by atoms with Crippen molar-refractivity contribution in [3.8, 4) is 0 Å². The molecule has 84 valence electrons. The van der Waals surface area contributed by atoms with Crippen LogP contribution < -0.4 is 11.1 Å². The minimum atomic E-state index is 0.210. The molecule has 0 saturated heterocycles. The van der Waals surface area contributed by atoms with Crippen molar-refractivity contribution >= 4 is 0 Å². The van der Waals surface area contributed by atoms with Crippen molar-refractivity contribution < 1.29 is 0 Å². The summed E-state index contributed by atoms with van der Waals surface area (Å²) in [6.07, 6.45) is 5.36. The van der Waals surface area contributed by atoms with E-state index in [9.17, 15) is 0 Å². The van der Waals surface area contributed by atoms with Crippen molar-refractivity contribution in [2.75, 3.05) is 6.54 Å². The molecule has 1 aliphatic carbocycles. The van der Waals surface area contributed by atoms with Crippen LogP contribution in [0.5, 0.6) is 0 Å². The highest BCUT2D eigenvalue weighted by molar-refractivity contribution is 4.90. The quantitative estimate of drug-likeness (QED) is 0.730. The average Bonchev–Trinajstić information content (AvgIpc) is 2.47. The van der Waals surface area contributed by atoms with Gasteiger partial charge in [-0.3, -0.25) is 0 Å². The van der Waals surface area contributed by atoms with Crippen LogP contribution in [0.4, 0.5) is 0 Å². The highest BCUT2D eigenvalue weighted by Crippen LogP contribution is 2.29. The molecule has 2 nitrogen and oxygen atoms in total. The van der Waals surface area contributed by atoms with Gasteiger partial charge in [-0.25, -0.2) is 0 Å². The van der Waals surface area contributed by atoms with Crippen LogP contribution in [-0.2, 0) is 0 Å². The van der Waals surface area contributed by atoms with Crippen molar-refractivity contribution in [3.05, 3.63) is 0 Å². The number of nitrogens with two attached hydrogens (primary N) is 1. The Morgan fingerprint density at radius 2 is 1.79 bits per heavy atom. The Balaban J connectivity index is 2.33. The zero-order valence-electron chi connectivity index (χ0n) is 10.2. The molecule has 0 amide bonds. The first kappa shape index (κ1) is 12.0. The van der Waals surface area contributed by atoms with E-state index in [-0.39, 0.29) is 11.5 Å². The SMILES string of the molecule is CC1(NCC(N)C(C)(C)C)CCCC1. The summed E-state index contributed by atoms with van der Waals surface area (Å²) in [5.74, 6) is 0. The van der Waals surface area contributed by atoms with E-state index < -0.39 is 0 Å². The van der Waals surface area contributed by atoms with Gasteiger partial charge in [0.2, 0.25) is 0 Å². The minimum absolute atomic E-state index is 0.210. The fraction of sp³-hybridized carbons (Fsp3) is 1.00. The molecule has 1 rings (SSSR count). The van der Waals surface area contributed by atoms with E-state index in [1.165, 1.54) is 25.7 Å². The summed E-state index contributed by atoms with van der Waals surface area (Å²) in [4.78, 5) is 0. The third-order valence-electron chi connectivity index (χ3n) is 3.57. The zero-order valence-corrected chi connectivity index (χ0v) is 10.2. The molecule has 1 unspecified atom stereocenters. The Hall–Kier alpha value is -0.0800. The minimum Gasteiger partial charge on any atom is -0.326 e. The summed E-state index contributed by atoms with van der Waals surface area (Å²) in [7, 11) is 0. The molecule has 0 aromatic carbocycles. The standard InChI is InChI=1S/C12H26N2/c1-11(2,3)10(13)9-14-12(4)7-5-6-8-12/h10,14H,5-9,13H2,1-4H3. The van der Waals surface area contributed by atoms with E-state index in [1.807, 2.05) is 0 Å². The normalized spacial score (nSPS) is 23.8. The molecule has 0 bridgehead atoms. The van der Waals surface area contributed by atoms with Gasteiger partial charge in [-0.05, 0) is 25.2 Å². The van der Waals surface area contributed by atoms with Gasteiger partial charge in [0.1, 0.15) is 0 Å².